The predicted molar refractivity (Wildman–Crippen MR) is 172 cm³/mol. The van der Waals surface area contributed by atoms with E-state index in [0.29, 0.717) is 28.8 Å². The van der Waals surface area contributed by atoms with Crippen LogP contribution in [0.15, 0.2) is 43.5 Å². The number of nitrogens with zero attached hydrogens (tertiary/aromatic N) is 4. The fraction of sp³-hybridized carbons (Fsp3) is 0.229. The first kappa shape index (κ1) is 32.3. The van der Waals surface area contributed by atoms with E-state index in [2.05, 4.69) is 20.2 Å². The van der Waals surface area contributed by atoms with E-state index in [1.165, 1.54) is 0 Å². The molecular weight excluding hydrogens is 596 g/mol. The molecule has 9 heteroatoms. The molecule has 2 aliphatic rings. The van der Waals surface area contributed by atoms with Crippen LogP contribution in [0, 0.1) is 20.9 Å². The molecule has 225 valence electrons. The molecule has 44 heavy (non-hydrogen) atoms. The van der Waals surface area contributed by atoms with Gasteiger partial charge in [0.25, 0.3) is 0 Å². The molecule has 0 aromatic carbocycles. The first-order valence-electron chi connectivity index (χ1n) is 14.1. The summed E-state index contributed by atoms with van der Waals surface area (Å²) < 4.78 is 1.85. The molecule has 0 aliphatic carbocycles. The van der Waals surface area contributed by atoms with Gasteiger partial charge in [-0.1, -0.05) is 82.9 Å². The van der Waals surface area contributed by atoms with Crippen molar-refractivity contribution < 1.29 is 36.9 Å². The normalized spacial score (nSPS) is 12.7. The van der Waals surface area contributed by atoms with Gasteiger partial charge in [-0.3, -0.25) is 9.59 Å². The van der Waals surface area contributed by atoms with E-state index in [1.807, 2.05) is 56.5 Å². The molecule has 2 aliphatic heterocycles. The Morgan fingerprint density at radius 1 is 0.818 bits per heavy atom. The second-order valence-electron chi connectivity index (χ2n) is 10.9. The van der Waals surface area contributed by atoms with E-state index in [9.17, 15) is 19.8 Å². The number of carboxylic acids is 2. The molecule has 2 N–H and O–H groups in total. The average molecular weight is 631 g/mol. The van der Waals surface area contributed by atoms with Gasteiger partial charge in [0.15, 0.2) is 0 Å². The van der Waals surface area contributed by atoms with E-state index in [1.54, 1.807) is 12.2 Å². The van der Waals surface area contributed by atoms with Crippen molar-refractivity contribution in [3.63, 3.8) is 0 Å². The Hall–Kier alpha value is -4.59. The molecule has 0 unspecified atom stereocenters. The number of carbonyl (C=O) groups is 2. The Morgan fingerprint density at radius 3 is 2.05 bits per heavy atom. The zero-order valence-corrected chi connectivity index (χ0v) is 26.4. The van der Waals surface area contributed by atoms with Crippen LogP contribution in [0.25, 0.3) is 50.4 Å². The second-order valence-corrected chi connectivity index (χ2v) is 10.9. The third kappa shape index (κ3) is 5.68. The van der Waals surface area contributed by atoms with Crippen LogP contribution in [0.5, 0.6) is 0 Å². The minimum atomic E-state index is -0.899. The summed E-state index contributed by atoms with van der Waals surface area (Å²) in [7, 11) is 4.36. The van der Waals surface area contributed by atoms with Gasteiger partial charge in [0.1, 0.15) is 0 Å². The zero-order valence-electron chi connectivity index (χ0n) is 25.3. The number of allylic oxidation sites excluding steroid dienone is 5. The van der Waals surface area contributed by atoms with Gasteiger partial charge in [0, 0.05) is 18.4 Å². The molecule has 0 saturated carbocycles. The van der Waals surface area contributed by atoms with Crippen LogP contribution in [0.4, 0.5) is 0 Å². The summed E-state index contributed by atoms with van der Waals surface area (Å²) in [5.41, 5.74) is 12.9. The molecule has 0 atom stereocenters. The summed E-state index contributed by atoms with van der Waals surface area (Å²) in [6, 6.07) is 7.73. The van der Waals surface area contributed by atoms with Crippen molar-refractivity contribution in [1.29, 1.82) is 0 Å². The Morgan fingerprint density at radius 2 is 1.41 bits per heavy atom. The molecule has 1 radical (unpaired) electrons. The second kappa shape index (κ2) is 12.6. The Bertz CT molecular complexity index is 1970. The number of carboxylic acid groups (broad SMARTS) is 2. The molecule has 5 heterocycles. The number of hydrogen-bond donors (Lipinski definition) is 2. The Labute approximate surface area is 267 Å². The maximum absolute atomic E-state index is 11.6. The van der Waals surface area contributed by atoms with Gasteiger partial charge in [-0.05, 0) is 57.3 Å². The van der Waals surface area contributed by atoms with E-state index in [-0.39, 0.29) is 36.3 Å². The van der Waals surface area contributed by atoms with Gasteiger partial charge < -0.3 is 19.8 Å². The van der Waals surface area contributed by atoms with Gasteiger partial charge in [0.2, 0.25) is 0 Å². The molecule has 0 spiro atoms. The summed E-state index contributed by atoms with van der Waals surface area (Å²) in [4.78, 5) is 38.0. The van der Waals surface area contributed by atoms with Crippen molar-refractivity contribution >= 4 is 62.4 Å². The van der Waals surface area contributed by atoms with Crippen molar-refractivity contribution in [1.82, 2.24) is 19.5 Å². The first-order chi connectivity index (χ1) is 20.4. The molecule has 0 saturated heterocycles. The van der Waals surface area contributed by atoms with Gasteiger partial charge in [-0.15, -0.1) is 18.1 Å². The monoisotopic (exact) mass is 630 g/mol. The minimum absolute atomic E-state index is 0. The fourth-order valence-electron chi connectivity index (χ4n) is 5.91. The van der Waals surface area contributed by atoms with Crippen molar-refractivity contribution in [3.05, 3.63) is 95.6 Å². The molecule has 8 nitrogen and oxygen atoms in total. The van der Waals surface area contributed by atoms with Crippen molar-refractivity contribution in [2.24, 2.45) is 0 Å². The maximum Gasteiger partial charge on any atom is 3.00 e. The van der Waals surface area contributed by atoms with Gasteiger partial charge >= 0.3 is 29.0 Å². The van der Waals surface area contributed by atoms with E-state index in [0.717, 1.165) is 67.0 Å². The standard InChI is InChI=1S/C35H35N4O4.Fe/c1-8-22-18(3)26-14-27-19(4)24(10-12-34(40)41)29(36-27)15-30-25(11-13-35(42)43)20(5)28(38-30)16-33-23(9-2)21(6)32(39(33)7)17-31(22)37-26;/h8-9,14-17H,1-2,7,10-13H2,3-6H3,(H3,36,37,38,40,41,42,43);/q-1;+3/p-1. The summed E-state index contributed by atoms with van der Waals surface area (Å²) in [6.45, 7) is 16.0. The molecule has 0 amide bonds. The smallest absolute Gasteiger partial charge is 0.657 e. The van der Waals surface area contributed by atoms with Crippen LogP contribution >= 0.6 is 0 Å². The van der Waals surface area contributed by atoms with Gasteiger partial charge in [-0.2, -0.15) is 0 Å². The quantitative estimate of drug-likeness (QED) is 0.199. The molecular formula is C35H34FeN4O4+. The van der Waals surface area contributed by atoms with Crippen LogP contribution < -0.4 is 4.98 Å². The number of aryl methyl sites for hydroxylation is 3. The number of hydrogen-bond acceptors (Lipinski definition) is 4. The first-order valence-corrected chi connectivity index (χ1v) is 14.1. The van der Waals surface area contributed by atoms with E-state index in [4.69, 9.17) is 15.0 Å². The largest absolute Gasteiger partial charge is 3.00 e. The predicted octanol–water partition coefficient (Wildman–Crippen LogP) is 7.24. The Balaban J connectivity index is 0.00000442. The third-order valence-electron chi connectivity index (χ3n) is 8.40. The number of aliphatic carboxylic acids is 2. The van der Waals surface area contributed by atoms with E-state index < -0.39 is 11.9 Å². The van der Waals surface area contributed by atoms with Crippen molar-refractivity contribution in [2.75, 3.05) is 0 Å². The summed E-state index contributed by atoms with van der Waals surface area (Å²) in [6.07, 6.45) is 4.08. The van der Waals surface area contributed by atoms with Crippen LogP contribution in [-0.2, 0) is 33.1 Å². The van der Waals surface area contributed by atoms with Crippen LogP contribution in [0.3, 0.4) is 0 Å². The fourth-order valence-corrected chi connectivity index (χ4v) is 5.91. The average Bonchev–Trinajstić information content (AvgIpc) is 3.59. The number of rotatable bonds is 8. The molecule has 8 bridgehead atoms. The van der Waals surface area contributed by atoms with Crippen LogP contribution in [0.2, 0.25) is 0 Å². The summed E-state index contributed by atoms with van der Waals surface area (Å²) in [5.74, 6) is -1.80. The van der Waals surface area contributed by atoms with Gasteiger partial charge in [-0.25, -0.2) is 9.97 Å². The van der Waals surface area contributed by atoms with Gasteiger partial charge in [0.05, 0.1) is 22.8 Å². The van der Waals surface area contributed by atoms with Crippen LogP contribution in [-0.4, -0.2) is 36.7 Å². The Kier molecular flexibility index (Phi) is 9.23. The molecule has 0 fully saturated rings. The summed E-state index contributed by atoms with van der Waals surface area (Å²) >= 11 is 0. The van der Waals surface area contributed by atoms with E-state index >= 15 is 0 Å². The minimum Gasteiger partial charge on any atom is -0.657 e. The van der Waals surface area contributed by atoms with Crippen molar-refractivity contribution in [2.45, 2.75) is 53.4 Å². The molecule has 3 aromatic heterocycles. The van der Waals surface area contributed by atoms with Crippen molar-refractivity contribution in [3.8, 4) is 0 Å². The number of fused-ring (bicyclic) bond motifs is 8. The summed E-state index contributed by atoms with van der Waals surface area (Å²) in [5, 5.41) is 18.9. The SMILES string of the molecule is C=CC1=C(C)c2cc3[n-]c(cc4nc(cc5c(C=C)c(C)c(cc1n2)n5[CH2-])C(C)=C4CCC(=O)O)c(CCC(=O)O)c3C.[Fe+3]. The molecule has 3 aromatic rings. The van der Waals surface area contributed by atoms with Crippen LogP contribution in [0.1, 0.15) is 78.1 Å². The topological polar surface area (TPSA) is 119 Å². The third-order valence-corrected chi connectivity index (χ3v) is 8.40. The number of aromatic nitrogens is 4. The zero-order chi connectivity index (χ0) is 31.2. The maximum atomic E-state index is 11.6. The molecule has 5 rings (SSSR count).